The van der Waals surface area contributed by atoms with Crippen LogP contribution in [0, 0.1) is 18.8 Å². The Morgan fingerprint density at radius 1 is 1.21 bits per heavy atom. The van der Waals surface area contributed by atoms with E-state index in [1.165, 1.54) is 41.9 Å². The molecule has 0 aromatic heterocycles. The van der Waals surface area contributed by atoms with Crippen molar-refractivity contribution in [1.29, 1.82) is 0 Å². The largest absolute Gasteiger partial charge is 0.316 e. The second kappa shape index (κ2) is 7.35. The highest BCUT2D eigenvalue weighted by molar-refractivity contribution is 7.99. The smallest absolute Gasteiger partial charge is 0.0186 e. The zero-order valence-electron chi connectivity index (χ0n) is 12.5. The predicted molar refractivity (Wildman–Crippen MR) is 85.9 cm³/mol. The minimum absolute atomic E-state index is 0.664. The number of rotatable bonds is 5. The molecule has 0 radical (unpaired) electrons. The lowest BCUT2D eigenvalue weighted by Crippen LogP contribution is -2.37. The third kappa shape index (κ3) is 4.25. The maximum atomic E-state index is 3.56. The molecule has 1 aliphatic rings. The van der Waals surface area contributed by atoms with E-state index in [-0.39, 0.29) is 0 Å². The van der Waals surface area contributed by atoms with Crippen LogP contribution in [0.2, 0.25) is 0 Å². The Bertz CT molecular complexity index is 383. The van der Waals surface area contributed by atoms with Crippen LogP contribution in [0.3, 0.4) is 0 Å². The molecule has 0 saturated heterocycles. The molecular formula is C17H27NS. The average Bonchev–Trinajstić information content (AvgIpc) is 2.43. The van der Waals surface area contributed by atoms with E-state index in [2.05, 4.69) is 50.5 Å². The van der Waals surface area contributed by atoms with Gasteiger partial charge in [0.1, 0.15) is 0 Å². The Hall–Kier alpha value is -0.470. The van der Waals surface area contributed by atoms with Crippen molar-refractivity contribution in [1.82, 2.24) is 5.32 Å². The van der Waals surface area contributed by atoms with Crippen molar-refractivity contribution >= 4 is 11.8 Å². The van der Waals surface area contributed by atoms with Crippen molar-refractivity contribution in [2.75, 3.05) is 12.8 Å². The Balaban J connectivity index is 1.87. The number of benzene rings is 1. The lowest BCUT2D eigenvalue weighted by Gasteiger charge is -2.32. The van der Waals surface area contributed by atoms with Crippen LogP contribution in [0.4, 0.5) is 0 Å². The molecule has 1 atom stereocenters. The van der Waals surface area contributed by atoms with Gasteiger partial charge in [0.2, 0.25) is 0 Å². The highest BCUT2D eigenvalue weighted by atomic mass is 32.2. The lowest BCUT2D eigenvalue weighted by molar-refractivity contribution is 0.248. The molecule has 1 unspecified atom stereocenters. The van der Waals surface area contributed by atoms with Crippen molar-refractivity contribution in [3.63, 3.8) is 0 Å². The van der Waals surface area contributed by atoms with Crippen molar-refractivity contribution in [2.24, 2.45) is 11.8 Å². The van der Waals surface area contributed by atoms with Crippen molar-refractivity contribution < 1.29 is 0 Å². The van der Waals surface area contributed by atoms with Crippen LogP contribution in [0.5, 0.6) is 0 Å². The molecule has 1 fully saturated rings. The van der Waals surface area contributed by atoms with Crippen molar-refractivity contribution in [2.45, 2.75) is 50.5 Å². The number of hydrogen-bond acceptors (Lipinski definition) is 2. The molecule has 0 heterocycles. The molecule has 106 valence electrons. The highest BCUT2D eigenvalue weighted by Crippen LogP contribution is 2.33. The molecule has 19 heavy (non-hydrogen) atoms. The highest BCUT2D eigenvalue weighted by Gasteiger charge is 2.25. The van der Waals surface area contributed by atoms with Crippen LogP contribution in [-0.4, -0.2) is 18.8 Å². The topological polar surface area (TPSA) is 12.0 Å². The summed E-state index contributed by atoms with van der Waals surface area (Å²) in [5.74, 6) is 3.01. The van der Waals surface area contributed by atoms with Crippen LogP contribution in [-0.2, 0) is 0 Å². The summed E-state index contributed by atoms with van der Waals surface area (Å²) in [6, 6.07) is 9.38. The fourth-order valence-electron chi connectivity index (χ4n) is 3.04. The molecule has 2 heteroatoms. The predicted octanol–water partition coefficient (Wildman–Crippen LogP) is 4.50. The third-order valence-corrected chi connectivity index (χ3v) is 5.81. The minimum Gasteiger partial charge on any atom is -0.316 e. The van der Waals surface area contributed by atoms with Gasteiger partial charge in [-0.1, -0.05) is 38.0 Å². The average molecular weight is 277 g/mol. The summed E-state index contributed by atoms with van der Waals surface area (Å²) in [4.78, 5) is 1.44. The Morgan fingerprint density at radius 3 is 2.53 bits per heavy atom. The first-order valence-electron chi connectivity index (χ1n) is 7.56. The van der Waals surface area contributed by atoms with Gasteiger partial charge in [0.05, 0.1) is 0 Å². The summed E-state index contributed by atoms with van der Waals surface area (Å²) in [6.07, 6.45) is 5.64. The SMILES string of the molecule is CNC(CSc1ccccc1C)C1CCC(C)CC1. The second-order valence-electron chi connectivity index (χ2n) is 5.99. The molecule has 0 amide bonds. The van der Waals surface area contributed by atoms with Gasteiger partial charge in [0.15, 0.2) is 0 Å². The van der Waals surface area contributed by atoms with Gasteiger partial charge in [-0.25, -0.2) is 0 Å². The number of nitrogens with one attached hydrogen (secondary N) is 1. The first kappa shape index (κ1) is 14.9. The van der Waals surface area contributed by atoms with Gasteiger partial charge in [-0.2, -0.15) is 0 Å². The minimum atomic E-state index is 0.664. The van der Waals surface area contributed by atoms with Crippen LogP contribution in [0.25, 0.3) is 0 Å². The van der Waals surface area contributed by atoms with Crippen LogP contribution < -0.4 is 5.32 Å². The molecule has 0 spiro atoms. The van der Waals surface area contributed by atoms with Crippen LogP contribution >= 0.6 is 11.8 Å². The molecule has 1 aromatic carbocycles. The maximum absolute atomic E-state index is 3.56. The summed E-state index contributed by atoms with van der Waals surface area (Å²) >= 11 is 2.01. The molecule has 0 bridgehead atoms. The quantitative estimate of drug-likeness (QED) is 0.795. The zero-order valence-corrected chi connectivity index (χ0v) is 13.3. The molecule has 2 rings (SSSR count). The molecule has 1 saturated carbocycles. The number of thioether (sulfide) groups is 1. The zero-order chi connectivity index (χ0) is 13.7. The van der Waals surface area contributed by atoms with Gasteiger partial charge < -0.3 is 5.32 Å². The van der Waals surface area contributed by atoms with Crippen molar-refractivity contribution in [3.8, 4) is 0 Å². The van der Waals surface area contributed by atoms with Gasteiger partial charge in [0, 0.05) is 16.7 Å². The molecular weight excluding hydrogens is 250 g/mol. The van der Waals surface area contributed by atoms with Gasteiger partial charge in [-0.05, 0) is 50.3 Å². The first-order valence-corrected chi connectivity index (χ1v) is 8.55. The van der Waals surface area contributed by atoms with E-state index in [1.54, 1.807) is 0 Å². The standard InChI is InChI=1S/C17H27NS/c1-13-8-10-15(11-9-13)16(18-3)12-19-17-7-5-4-6-14(17)2/h4-7,13,15-16,18H,8-12H2,1-3H3. The summed E-state index contributed by atoms with van der Waals surface area (Å²) in [5, 5.41) is 3.56. The van der Waals surface area contributed by atoms with E-state index in [4.69, 9.17) is 0 Å². The number of aryl methyl sites for hydroxylation is 1. The van der Waals surface area contributed by atoms with E-state index in [9.17, 15) is 0 Å². The molecule has 0 aliphatic heterocycles. The Labute approximate surface area is 122 Å². The van der Waals surface area contributed by atoms with Gasteiger partial charge in [0.25, 0.3) is 0 Å². The summed E-state index contributed by atoms with van der Waals surface area (Å²) < 4.78 is 0. The monoisotopic (exact) mass is 277 g/mol. The van der Waals surface area contributed by atoms with Crippen LogP contribution in [0.15, 0.2) is 29.2 Å². The van der Waals surface area contributed by atoms with E-state index >= 15 is 0 Å². The molecule has 1 aromatic rings. The fourth-order valence-corrected chi connectivity index (χ4v) is 4.31. The van der Waals surface area contributed by atoms with E-state index in [0.29, 0.717) is 6.04 Å². The van der Waals surface area contributed by atoms with Gasteiger partial charge in [-0.3, -0.25) is 0 Å². The van der Waals surface area contributed by atoms with Gasteiger partial charge in [-0.15, -0.1) is 11.8 Å². The Kier molecular flexibility index (Phi) is 5.77. The number of hydrogen-bond donors (Lipinski definition) is 1. The van der Waals surface area contributed by atoms with Crippen LogP contribution in [0.1, 0.15) is 38.2 Å². The summed E-state index contributed by atoms with van der Waals surface area (Å²) in [6.45, 7) is 4.60. The first-order chi connectivity index (χ1) is 9.20. The van der Waals surface area contributed by atoms with E-state index < -0.39 is 0 Å². The maximum Gasteiger partial charge on any atom is 0.0186 e. The third-order valence-electron chi connectivity index (χ3n) is 4.51. The van der Waals surface area contributed by atoms with Crippen molar-refractivity contribution in [3.05, 3.63) is 29.8 Å². The Morgan fingerprint density at radius 2 is 1.89 bits per heavy atom. The summed E-state index contributed by atoms with van der Waals surface area (Å²) in [5.41, 5.74) is 1.40. The summed E-state index contributed by atoms with van der Waals surface area (Å²) in [7, 11) is 2.13. The second-order valence-corrected chi connectivity index (χ2v) is 7.05. The fraction of sp³-hybridized carbons (Fsp3) is 0.647. The molecule has 1 N–H and O–H groups in total. The lowest BCUT2D eigenvalue weighted by atomic mass is 9.80. The molecule has 1 nitrogen and oxygen atoms in total. The molecule has 1 aliphatic carbocycles. The van der Waals surface area contributed by atoms with Gasteiger partial charge >= 0.3 is 0 Å². The normalized spacial score (nSPS) is 25.2. The van der Waals surface area contributed by atoms with E-state index in [1.807, 2.05) is 11.8 Å². The van der Waals surface area contributed by atoms with E-state index in [0.717, 1.165) is 11.8 Å².